The Morgan fingerprint density at radius 2 is 1.89 bits per heavy atom. The van der Waals surface area contributed by atoms with Crippen molar-refractivity contribution in [3.63, 3.8) is 0 Å². The Kier molecular flexibility index (Phi) is 3.13. The Labute approximate surface area is 107 Å². The molecule has 0 amide bonds. The number of aryl methyl sites for hydroxylation is 2. The molecule has 0 fully saturated rings. The highest BCUT2D eigenvalue weighted by Crippen LogP contribution is 2.20. The topological polar surface area (TPSA) is 64.0 Å². The van der Waals surface area contributed by atoms with Gasteiger partial charge in [0.15, 0.2) is 0 Å². The molecule has 2 aromatic rings. The molecule has 0 aliphatic heterocycles. The van der Waals surface area contributed by atoms with Gasteiger partial charge in [0, 0.05) is 7.05 Å². The van der Waals surface area contributed by atoms with Crippen LogP contribution in [0.1, 0.15) is 11.3 Å². The molecule has 1 aromatic carbocycles. The van der Waals surface area contributed by atoms with Gasteiger partial charge in [-0.2, -0.15) is 5.10 Å². The molecule has 0 unspecified atom stereocenters. The number of hydrogen-bond donors (Lipinski definition) is 1. The monoisotopic (exact) mass is 265 g/mol. The van der Waals surface area contributed by atoms with E-state index < -0.39 is 10.0 Å². The zero-order chi connectivity index (χ0) is 13.3. The van der Waals surface area contributed by atoms with Crippen LogP contribution >= 0.6 is 0 Å². The minimum Gasteiger partial charge on any atom is -0.279 e. The normalized spacial score (nSPS) is 11.5. The lowest BCUT2D eigenvalue weighted by Gasteiger charge is -2.09. The van der Waals surface area contributed by atoms with E-state index in [4.69, 9.17) is 0 Å². The molecule has 1 N–H and O–H groups in total. The lowest BCUT2D eigenvalue weighted by atomic mass is 10.2. The second kappa shape index (κ2) is 4.45. The predicted molar refractivity (Wildman–Crippen MR) is 69.9 cm³/mol. The van der Waals surface area contributed by atoms with Crippen molar-refractivity contribution in [2.24, 2.45) is 7.05 Å². The van der Waals surface area contributed by atoms with Crippen LogP contribution in [0.2, 0.25) is 0 Å². The number of rotatable bonds is 3. The van der Waals surface area contributed by atoms with Crippen molar-refractivity contribution in [1.82, 2.24) is 9.78 Å². The third kappa shape index (κ3) is 2.24. The summed E-state index contributed by atoms with van der Waals surface area (Å²) in [5.41, 5.74) is 2.07. The molecule has 1 heterocycles. The van der Waals surface area contributed by atoms with E-state index in [9.17, 15) is 8.42 Å². The van der Waals surface area contributed by atoms with Gasteiger partial charge in [-0.25, -0.2) is 8.42 Å². The van der Waals surface area contributed by atoms with Crippen molar-refractivity contribution < 1.29 is 8.42 Å². The largest absolute Gasteiger partial charge is 0.279 e. The third-order valence-electron chi connectivity index (χ3n) is 2.87. The maximum atomic E-state index is 12.2. The Hall–Kier alpha value is -1.82. The zero-order valence-electron chi connectivity index (χ0n) is 10.5. The van der Waals surface area contributed by atoms with Gasteiger partial charge in [0.05, 0.1) is 17.6 Å². The molecule has 6 heteroatoms. The highest BCUT2D eigenvalue weighted by Gasteiger charge is 2.20. The van der Waals surface area contributed by atoms with Crippen molar-refractivity contribution in [3.8, 4) is 0 Å². The molecule has 0 saturated heterocycles. The summed E-state index contributed by atoms with van der Waals surface area (Å²) in [6, 6.07) is 7.25. The van der Waals surface area contributed by atoms with E-state index in [1.807, 2.05) is 19.1 Å². The van der Waals surface area contributed by atoms with Crippen LogP contribution in [0.25, 0.3) is 0 Å². The summed E-state index contributed by atoms with van der Waals surface area (Å²) in [6.07, 6.45) is 1.36. The first-order valence-corrected chi connectivity index (χ1v) is 6.97. The smallest absolute Gasteiger partial charge is 0.265 e. The summed E-state index contributed by atoms with van der Waals surface area (Å²) in [5.74, 6) is 0. The van der Waals surface area contributed by atoms with Gasteiger partial charge in [-0.05, 0) is 25.5 Å². The number of sulfonamides is 1. The zero-order valence-corrected chi connectivity index (χ0v) is 11.3. The van der Waals surface area contributed by atoms with E-state index in [0.29, 0.717) is 11.4 Å². The number of benzene rings is 1. The molecule has 0 radical (unpaired) electrons. The standard InChI is InChI=1S/C12H15N3O2S/c1-9-6-4-5-7-11(9)14-18(16,17)12-8-13-15(3)10(12)2/h4-8,14H,1-3H3. The van der Waals surface area contributed by atoms with Crippen LogP contribution in [0.15, 0.2) is 35.4 Å². The summed E-state index contributed by atoms with van der Waals surface area (Å²) in [5, 5.41) is 3.94. The second-order valence-electron chi connectivity index (χ2n) is 4.14. The van der Waals surface area contributed by atoms with Gasteiger partial charge in [0.1, 0.15) is 4.90 Å². The van der Waals surface area contributed by atoms with Gasteiger partial charge in [-0.15, -0.1) is 0 Å². The first kappa shape index (κ1) is 12.6. The van der Waals surface area contributed by atoms with Crippen LogP contribution < -0.4 is 4.72 Å². The highest BCUT2D eigenvalue weighted by atomic mass is 32.2. The lowest BCUT2D eigenvalue weighted by Crippen LogP contribution is -2.14. The Balaban J connectivity index is 2.40. The maximum absolute atomic E-state index is 12.2. The van der Waals surface area contributed by atoms with Gasteiger partial charge in [0.2, 0.25) is 0 Å². The Morgan fingerprint density at radius 1 is 1.22 bits per heavy atom. The highest BCUT2D eigenvalue weighted by molar-refractivity contribution is 7.92. The lowest BCUT2D eigenvalue weighted by molar-refractivity contribution is 0.600. The van der Waals surface area contributed by atoms with Crippen molar-refractivity contribution in [2.75, 3.05) is 4.72 Å². The summed E-state index contributed by atoms with van der Waals surface area (Å²) in [7, 11) is -1.87. The summed E-state index contributed by atoms with van der Waals surface area (Å²) in [4.78, 5) is 0.202. The SMILES string of the molecule is Cc1ccccc1NS(=O)(=O)c1cnn(C)c1C. The molecule has 5 nitrogen and oxygen atoms in total. The van der Waals surface area contributed by atoms with Crippen LogP contribution in [-0.2, 0) is 17.1 Å². The fourth-order valence-corrected chi connectivity index (χ4v) is 2.96. The van der Waals surface area contributed by atoms with E-state index in [0.717, 1.165) is 5.56 Å². The third-order valence-corrected chi connectivity index (χ3v) is 4.34. The first-order valence-electron chi connectivity index (χ1n) is 5.49. The fourth-order valence-electron chi connectivity index (χ4n) is 1.63. The number of aromatic nitrogens is 2. The average Bonchev–Trinajstić information content (AvgIpc) is 2.63. The van der Waals surface area contributed by atoms with Gasteiger partial charge in [0.25, 0.3) is 10.0 Å². The molecule has 0 saturated carbocycles. The Morgan fingerprint density at radius 3 is 2.44 bits per heavy atom. The molecule has 0 bridgehead atoms. The van der Waals surface area contributed by atoms with Gasteiger partial charge in [-0.3, -0.25) is 9.40 Å². The predicted octanol–water partition coefficient (Wildman–Crippen LogP) is 1.84. The number of anilines is 1. The van der Waals surface area contributed by atoms with Crippen LogP contribution in [0, 0.1) is 13.8 Å². The van der Waals surface area contributed by atoms with Crippen LogP contribution in [0.3, 0.4) is 0 Å². The van der Waals surface area contributed by atoms with E-state index in [1.54, 1.807) is 26.1 Å². The Bertz CT molecular complexity index is 674. The summed E-state index contributed by atoms with van der Waals surface area (Å²) < 4.78 is 28.6. The van der Waals surface area contributed by atoms with E-state index in [2.05, 4.69) is 9.82 Å². The summed E-state index contributed by atoms with van der Waals surface area (Å²) in [6.45, 7) is 3.58. The molecule has 1 aromatic heterocycles. The van der Waals surface area contributed by atoms with E-state index in [-0.39, 0.29) is 4.90 Å². The van der Waals surface area contributed by atoms with Crippen molar-refractivity contribution >= 4 is 15.7 Å². The number of para-hydroxylation sites is 1. The molecule has 0 aliphatic rings. The number of hydrogen-bond acceptors (Lipinski definition) is 3. The van der Waals surface area contributed by atoms with Crippen LogP contribution in [-0.4, -0.2) is 18.2 Å². The molecule has 0 atom stereocenters. The van der Waals surface area contributed by atoms with Gasteiger partial charge < -0.3 is 0 Å². The quantitative estimate of drug-likeness (QED) is 0.921. The number of nitrogens with one attached hydrogen (secondary N) is 1. The minimum atomic E-state index is -3.58. The first-order chi connectivity index (χ1) is 8.42. The van der Waals surface area contributed by atoms with Crippen LogP contribution in [0.4, 0.5) is 5.69 Å². The van der Waals surface area contributed by atoms with Crippen molar-refractivity contribution in [1.29, 1.82) is 0 Å². The summed E-state index contributed by atoms with van der Waals surface area (Å²) >= 11 is 0. The fraction of sp³-hybridized carbons (Fsp3) is 0.250. The maximum Gasteiger partial charge on any atom is 0.265 e. The second-order valence-corrected chi connectivity index (χ2v) is 5.79. The molecule has 18 heavy (non-hydrogen) atoms. The molecule has 0 spiro atoms. The van der Waals surface area contributed by atoms with Crippen LogP contribution in [0.5, 0.6) is 0 Å². The number of nitrogens with zero attached hydrogens (tertiary/aromatic N) is 2. The molecular weight excluding hydrogens is 250 g/mol. The van der Waals surface area contributed by atoms with Gasteiger partial charge >= 0.3 is 0 Å². The van der Waals surface area contributed by atoms with E-state index in [1.165, 1.54) is 10.9 Å². The molecule has 96 valence electrons. The minimum absolute atomic E-state index is 0.202. The molecular formula is C12H15N3O2S. The van der Waals surface area contributed by atoms with Crippen molar-refractivity contribution in [2.45, 2.75) is 18.7 Å². The molecule has 0 aliphatic carbocycles. The average molecular weight is 265 g/mol. The van der Waals surface area contributed by atoms with Gasteiger partial charge in [-0.1, -0.05) is 18.2 Å². The van der Waals surface area contributed by atoms with Crippen molar-refractivity contribution in [3.05, 3.63) is 41.7 Å². The molecule has 2 rings (SSSR count). The van der Waals surface area contributed by atoms with E-state index >= 15 is 0 Å².